The summed E-state index contributed by atoms with van der Waals surface area (Å²) in [4.78, 5) is 43.1. The van der Waals surface area contributed by atoms with Crippen molar-refractivity contribution in [2.45, 2.75) is 57.0 Å². The van der Waals surface area contributed by atoms with E-state index in [0.717, 1.165) is 23.1 Å². The van der Waals surface area contributed by atoms with Gasteiger partial charge in [-0.05, 0) is 68.3 Å². The van der Waals surface area contributed by atoms with Crippen molar-refractivity contribution in [1.29, 1.82) is 0 Å². The summed E-state index contributed by atoms with van der Waals surface area (Å²) >= 11 is 0. The Labute approximate surface area is 248 Å². The molecular formula is C31H46N8O3. The van der Waals surface area contributed by atoms with Crippen molar-refractivity contribution < 1.29 is 14.4 Å². The van der Waals surface area contributed by atoms with Gasteiger partial charge in [-0.1, -0.05) is 66.7 Å². The van der Waals surface area contributed by atoms with Crippen molar-refractivity contribution >= 4 is 23.7 Å². The molecule has 3 amide bonds. The Morgan fingerprint density at radius 1 is 0.738 bits per heavy atom. The van der Waals surface area contributed by atoms with Crippen LogP contribution in [-0.4, -0.2) is 61.9 Å². The Bertz CT molecular complexity index is 1150. The predicted octanol–water partition coefficient (Wildman–Crippen LogP) is 1.07. The van der Waals surface area contributed by atoms with Crippen LogP contribution >= 0.6 is 0 Å². The molecule has 2 rings (SSSR count). The fraction of sp³-hybridized carbons (Fsp3) is 0.419. The molecule has 0 aliphatic carbocycles. The fourth-order valence-electron chi connectivity index (χ4n) is 4.27. The average Bonchev–Trinajstić information content (AvgIpc) is 2.98. The summed E-state index contributed by atoms with van der Waals surface area (Å²) in [6.07, 6.45) is 7.17. The van der Waals surface area contributed by atoms with Crippen LogP contribution in [0.5, 0.6) is 0 Å². The quantitative estimate of drug-likeness (QED) is 0.0558. The Morgan fingerprint density at radius 2 is 1.33 bits per heavy atom. The Morgan fingerprint density at radius 3 is 1.93 bits per heavy atom. The molecule has 228 valence electrons. The molecular weight excluding hydrogens is 532 g/mol. The Kier molecular flexibility index (Phi) is 16.0. The lowest BCUT2D eigenvalue weighted by Crippen LogP contribution is -2.54. The molecule has 2 aromatic carbocycles. The number of benzene rings is 2. The number of unbranched alkanes of at least 4 members (excludes halogenated alkanes) is 2. The van der Waals surface area contributed by atoms with Gasteiger partial charge in [0, 0.05) is 6.54 Å². The van der Waals surface area contributed by atoms with Gasteiger partial charge in [-0.3, -0.25) is 14.4 Å². The second-order valence-corrected chi connectivity index (χ2v) is 9.97. The fourth-order valence-corrected chi connectivity index (χ4v) is 4.27. The van der Waals surface area contributed by atoms with Gasteiger partial charge < -0.3 is 38.9 Å². The number of carbonyl (C=O) groups is 3. The smallest absolute Gasteiger partial charge is 0.243 e. The largest absolute Gasteiger partial charge is 0.370 e. The molecule has 2 aromatic rings. The van der Waals surface area contributed by atoms with Crippen molar-refractivity contribution in [2.75, 3.05) is 26.2 Å². The van der Waals surface area contributed by atoms with E-state index in [-0.39, 0.29) is 30.7 Å². The zero-order valence-corrected chi connectivity index (χ0v) is 24.3. The second kappa shape index (κ2) is 19.8. The van der Waals surface area contributed by atoms with Crippen LogP contribution in [-0.2, 0) is 20.8 Å². The topological polar surface area (TPSA) is 204 Å². The molecule has 0 aromatic heterocycles. The maximum Gasteiger partial charge on any atom is 0.243 e. The molecule has 0 radical (unpaired) electrons. The number of rotatable bonds is 19. The van der Waals surface area contributed by atoms with Crippen LogP contribution in [0.1, 0.15) is 44.1 Å². The molecule has 0 heterocycles. The number of nitrogens with two attached hydrogens (primary N) is 4. The maximum atomic E-state index is 13.3. The van der Waals surface area contributed by atoms with Crippen LogP contribution in [0.4, 0.5) is 0 Å². The molecule has 0 fully saturated rings. The zero-order valence-electron chi connectivity index (χ0n) is 24.3. The lowest BCUT2D eigenvalue weighted by atomic mass is 10.0. The molecule has 0 bridgehead atoms. The first kappa shape index (κ1) is 34.0. The normalized spacial score (nSPS) is 12.3. The molecule has 0 spiro atoms. The number of amides is 3. The van der Waals surface area contributed by atoms with Crippen LogP contribution < -0.4 is 38.9 Å². The predicted molar refractivity (Wildman–Crippen MR) is 168 cm³/mol. The van der Waals surface area contributed by atoms with E-state index in [9.17, 15) is 14.4 Å². The van der Waals surface area contributed by atoms with Gasteiger partial charge in [-0.2, -0.15) is 0 Å². The summed E-state index contributed by atoms with van der Waals surface area (Å²) in [7, 11) is 0. The molecule has 42 heavy (non-hydrogen) atoms. The number of hydrogen-bond acceptors (Lipinski definition) is 6. The summed E-state index contributed by atoms with van der Waals surface area (Å²) in [5.74, 6) is -1.01. The van der Waals surface area contributed by atoms with Crippen molar-refractivity contribution in [1.82, 2.24) is 16.0 Å². The highest BCUT2D eigenvalue weighted by atomic mass is 16.2. The first-order valence-corrected chi connectivity index (χ1v) is 14.5. The van der Waals surface area contributed by atoms with Gasteiger partial charge in [0.15, 0.2) is 5.96 Å². The lowest BCUT2D eigenvalue weighted by Gasteiger charge is -2.23. The molecule has 0 aliphatic rings. The highest BCUT2D eigenvalue weighted by molar-refractivity contribution is 5.92. The van der Waals surface area contributed by atoms with Gasteiger partial charge in [-0.25, -0.2) is 4.99 Å². The van der Waals surface area contributed by atoms with Crippen molar-refractivity contribution in [3.63, 3.8) is 0 Å². The monoisotopic (exact) mass is 578 g/mol. The molecule has 11 heteroatoms. The molecule has 0 unspecified atom stereocenters. The van der Waals surface area contributed by atoms with Crippen LogP contribution in [0, 0.1) is 0 Å². The van der Waals surface area contributed by atoms with E-state index < -0.39 is 18.0 Å². The van der Waals surface area contributed by atoms with E-state index in [1.165, 1.54) is 0 Å². The molecule has 0 saturated heterocycles. The van der Waals surface area contributed by atoms with Crippen LogP contribution in [0.2, 0.25) is 0 Å². The lowest BCUT2D eigenvalue weighted by molar-refractivity contribution is -0.132. The number of nitrogens with one attached hydrogen (secondary N) is 3. The van der Waals surface area contributed by atoms with E-state index in [1.54, 1.807) is 12.2 Å². The van der Waals surface area contributed by atoms with E-state index in [0.29, 0.717) is 51.7 Å². The van der Waals surface area contributed by atoms with Gasteiger partial charge in [0.25, 0.3) is 0 Å². The van der Waals surface area contributed by atoms with Gasteiger partial charge in [0.2, 0.25) is 17.7 Å². The van der Waals surface area contributed by atoms with Crippen LogP contribution in [0.25, 0.3) is 11.1 Å². The van der Waals surface area contributed by atoms with Gasteiger partial charge in [0.05, 0.1) is 13.0 Å². The first-order valence-electron chi connectivity index (χ1n) is 14.5. The zero-order chi connectivity index (χ0) is 30.6. The SMILES string of the molecule is NCCCC[C@H](NC(=O)Cc1ccc(-c2ccccc2)cc1)C(=O)N[C@@H](CCCCN)C(=O)NC/C=C/CN=C(N)N. The molecule has 11 N–H and O–H groups in total. The summed E-state index contributed by atoms with van der Waals surface area (Å²) < 4.78 is 0. The first-order chi connectivity index (χ1) is 20.3. The Balaban J connectivity index is 2.02. The van der Waals surface area contributed by atoms with Crippen molar-refractivity contribution in [3.8, 4) is 11.1 Å². The minimum atomic E-state index is -0.795. The van der Waals surface area contributed by atoms with Crippen LogP contribution in [0.3, 0.4) is 0 Å². The van der Waals surface area contributed by atoms with E-state index in [2.05, 4.69) is 20.9 Å². The molecule has 11 nitrogen and oxygen atoms in total. The van der Waals surface area contributed by atoms with E-state index in [1.807, 2.05) is 54.6 Å². The third-order valence-electron chi connectivity index (χ3n) is 6.54. The number of nitrogens with zero attached hydrogens (tertiary/aromatic N) is 1. The van der Waals surface area contributed by atoms with Crippen LogP contribution in [0.15, 0.2) is 71.7 Å². The van der Waals surface area contributed by atoms with E-state index >= 15 is 0 Å². The van der Waals surface area contributed by atoms with Gasteiger partial charge in [0.1, 0.15) is 12.1 Å². The average molecular weight is 579 g/mol. The van der Waals surface area contributed by atoms with Crippen molar-refractivity contribution in [3.05, 3.63) is 72.3 Å². The molecule has 0 aliphatic heterocycles. The summed E-state index contributed by atoms with van der Waals surface area (Å²) in [5, 5.41) is 8.52. The summed E-state index contributed by atoms with van der Waals surface area (Å²) in [5.41, 5.74) is 24.9. The minimum Gasteiger partial charge on any atom is -0.370 e. The number of carbonyl (C=O) groups excluding carboxylic acids is 3. The minimum absolute atomic E-state index is 0.0135. The van der Waals surface area contributed by atoms with Crippen molar-refractivity contribution in [2.24, 2.45) is 27.9 Å². The highest BCUT2D eigenvalue weighted by Gasteiger charge is 2.26. The maximum absolute atomic E-state index is 13.3. The third kappa shape index (κ3) is 13.4. The van der Waals surface area contributed by atoms with Gasteiger partial charge >= 0.3 is 0 Å². The second-order valence-electron chi connectivity index (χ2n) is 9.97. The van der Waals surface area contributed by atoms with E-state index in [4.69, 9.17) is 22.9 Å². The molecule has 2 atom stereocenters. The molecule has 0 saturated carbocycles. The Hall–Kier alpha value is -4.22. The summed E-state index contributed by atoms with van der Waals surface area (Å²) in [6, 6.07) is 16.2. The van der Waals surface area contributed by atoms with Gasteiger partial charge in [-0.15, -0.1) is 0 Å². The number of aliphatic imine (C=N–C) groups is 1. The summed E-state index contributed by atoms with van der Waals surface area (Å²) in [6.45, 7) is 1.52. The number of hydrogen-bond donors (Lipinski definition) is 7. The highest BCUT2D eigenvalue weighted by Crippen LogP contribution is 2.19. The third-order valence-corrected chi connectivity index (χ3v) is 6.54. The number of guanidine groups is 1. The standard InChI is InChI=1S/C31H46N8O3/c32-18-6-4-12-26(29(41)36-20-8-9-21-37-31(34)35)39-30(42)27(13-5-7-19-33)38-28(40)22-23-14-16-25(17-15-23)24-10-2-1-3-11-24/h1-3,8-11,14-17,26-27H,4-7,12-13,18-22,32-33H2,(H,36,41)(H,38,40)(H,39,42)(H4,34,35,37)/b9-8+/t26-,27-/m0/s1.